The van der Waals surface area contributed by atoms with Gasteiger partial charge in [0.15, 0.2) is 17.4 Å². The van der Waals surface area contributed by atoms with Gasteiger partial charge in [0, 0.05) is 36.8 Å². The number of halogens is 3. The van der Waals surface area contributed by atoms with E-state index in [-0.39, 0.29) is 11.3 Å². The maximum atomic E-state index is 12.9. The molecule has 0 unspecified atom stereocenters. The van der Waals surface area contributed by atoms with E-state index in [2.05, 4.69) is 39.3 Å². The summed E-state index contributed by atoms with van der Waals surface area (Å²) in [5.74, 6) is 2.11. The van der Waals surface area contributed by atoms with E-state index in [0.29, 0.717) is 17.4 Å². The molecule has 0 spiro atoms. The molecule has 142 valence electrons. The number of rotatable bonds is 2. The third-order valence-corrected chi connectivity index (χ3v) is 5.44. The molecule has 0 bridgehead atoms. The van der Waals surface area contributed by atoms with Crippen molar-refractivity contribution >= 4 is 23.4 Å². The highest BCUT2D eigenvalue weighted by Gasteiger charge is 2.31. The van der Waals surface area contributed by atoms with Crippen LogP contribution in [0.3, 0.4) is 0 Å². The molecule has 26 heavy (non-hydrogen) atoms. The van der Waals surface area contributed by atoms with Crippen LogP contribution in [-0.4, -0.2) is 56.1 Å². The van der Waals surface area contributed by atoms with Crippen molar-refractivity contribution in [3.05, 3.63) is 29.7 Å². The number of pyridine rings is 1. The van der Waals surface area contributed by atoms with Gasteiger partial charge in [-0.15, -0.1) is 10.2 Å². The molecule has 0 saturated carbocycles. The van der Waals surface area contributed by atoms with Crippen molar-refractivity contribution < 1.29 is 13.2 Å². The summed E-state index contributed by atoms with van der Waals surface area (Å²) < 4.78 is 40.3. The fourth-order valence-electron chi connectivity index (χ4n) is 2.91. The second-order valence-electron chi connectivity index (χ2n) is 6.69. The van der Waals surface area contributed by atoms with Crippen molar-refractivity contribution in [3.8, 4) is 0 Å². The Morgan fingerprint density at radius 1 is 1.35 bits per heavy atom. The zero-order chi connectivity index (χ0) is 18.9. The Hall–Kier alpha value is -1.97. The molecule has 1 aliphatic heterocycles. The Labute approximate surface area is 153 Å². The predicted octanol–water partition coefficient (Wildman–Crippen LogP) is 2.65. The predicted molar refractivity (Wildman–Crippen MR) is 96.3 cm³/mol. The molecule has 2 aromatic rings. The molecule has 0 amide bonds. The molecule has 1 fully saturated rings. The van der Waals surface area contributed by atoms with Gasteiger partial charge in [-0.25, -0.2) is 0 Å². The number of nitrogens with one attached hydrogen (secondary N) is 1. The van der Waals surface area contributed by atoms with Crippen molar-refractivity contribution in [2.45, 2.75) is 31.3 Å². The number of nitrogens with zero attached hydrogens (tertiary/aromatic N) is 5. The fraction of sp³-hybridized carbons (Fsp3) is 0.562. The summed E-state index contributed by atoms with van der Waals surface area (Å²) in [6, 6.07) is 2.33. The minimum absolute atomic E-state index is 0.124. The third-order valence-electron chi connectivity index (χ3n) is 4.14. The van der Waals surface area contributed by atoms with E-state index in [9.17, 15) is 13.2 Å². The van der Waals surface area contributed by atoms with E-state index >= 15 is 0 Å². The van der Waals surface area contributed by atoms with E-state index < -0.39 is 11.7 Å². The van der Waals surface area contributed by atoms with Crippen LogP contribution in [0.25, 0.3) is 5.65 Å². The largest absolute Gasteiger partial charge is 0.417 e. The lowest BCUT2D eigenvalue weighted by molar-refractivity contribution is -0.137. The first-order chi connectivity index (χ1) is 12.2. The van der Waals surface area contributed by atoms with E-state index in [1.165, 1.54) is 10.5 Å². The Bertz CT molecular complexity index is 814. The number of fused-ring (bicyclic) bond motifs is 1. The van der Waals surface area contributed by atoms with Gasteiger partial charge in [-0.2, -0.15) is 24.9 Å². The number of alkyl halides is 3. The minimum atomic E-state index is -4.41. The van der Waals surface area contributed by atoms with Crippen LogP contribution in [0.2, 0.25) is 0 Å². The zero-order valence-electron chi connectivity index (χ0n) is 14.8. The second-order valence-corrected chi connectivity index (χ2v) is 8.49. The summed E-state index contributed by atoms with van der Waals surface area (Å²) in [5, 5.41) is 11.1. The van der Waals surface area contributed by atoms with Gasteiger partial charge in [-0.3, -0.25) is 9.39 Å². The normalized spacial score (nSPS) is 18.4. The number of hydrogen-bond acceptors (Lipinski definition) is 4. The average molecular weight is 386 g/mol. The number of guanidine groups is 1. The number of hydrogen-bond donors (Lipinski definition) is 1. The maximum Gasteiger partial charge on any atom is 0.417 e. The molecule has 3 rings (SSSR count). The van der Waals surface area contributed by atoms with Gasteiger partial charge in [0.05, 0.1) is 12.1 Å². The summed E-state index contributed by atoms with van der Waals surface area (Å²) in [6.45, 7) is 6.31. The van der Waals surface area contributed by atoms with E-state index in [1.807, 2.05) is 11.8 Å². The van der Waals surface area contributed by atoms with Crippen molar-refractivity contribution in [3.63, 3.8) is 0 Å². The monoisotopic (exact) mass is 386 g/mol. The molecule has 1 N–H and O–H groups in total. The van der Waals surface area contributed by atoms with Gasteiger partial charge in [-0.1, -0.05) is 0 Å². The summed E-state index contributed by atoms with van der Waals surface area (Å²) in [6.07, 6.45) is -3.38. The van der Waals surface area contributed by atoms with Gasteiger partial charge in [0.1, 0.15) is 0 Å². The first-order valence-corrected chi connectivity index (χ1v) is 9.18. The quantitative estimate of drug-likeness (QED) is 0.635. The molecule has 1 saturated heterocycles. The Balaban J connectivity index is 1.76. The number of aromatic nitrogens is 3. The van der Waals surface area contributed by atoms with E-state index in [4.69, 9.17) is 0 Å². The summed E-state index contributed by atoms with van der Waals surface area (Å²) in [5.41, 5.74) is -0.356. The van der Waals surface area contributed by atoms with E-state index in [0.717, 1.165) is 31.1 Å². The van der Waals surface area contributed by atoms with E-state index in [1.54, 1.807) is 7.05 Å². The van der Waals surface area contributed by atoms with Crippen molar-refractivity contribution in [2.75, 3.05) is 25.9 Å². The summed E-state index contributed by atoms with van der Waals surface area (Å²) in [4.78, 5) is 6.45. The molecule has 3 heterocycles. The Morgan fingerprint density at radius 3 is 2.77 bits per heavy atom. The highest BCUT2D eigenvalue weighted by Crippen LogP contribution is 2.30. The lowest BCUT2D eigenvalue weighted by atomic mass is 10.2. The van der Waals surface area contributed by atoms with Gasteiger partial charge in [-0.05, 0) is 26.0 Å². The molecule has 0 radical (unpaired) electrons. The van der Waals surface area contributed by atoms with Crippen LogP contribution >= 0.6 is 11.8 Å². The van der Waals surface area contributed by atoms with Crippen LogP contribution in [-0.2, 0) is 12.7 Å². The molecule has 1 aliphatic rings. The summed E-state index contributed by atoms with van der Waals surface area (Å²) >= 11 is 1.92. The molecule has 0 aromatic carbocycles. The summed E-state index contributed by atoms with van der Waals surface area (Å²) in [7, 11) is 1.70. The maximum absolute atomic E-state index is 12.9. The molecule has 10 heteroatoms. The SMILES string of the molecule is CN=C(NCc1nnc2ccc(C(F)(F)F)cn12)N1CCSC(C)(C)C1. The zero-order valence-corrected chi connectivity index (χ0v) is 15.7. The van der Waals surface area contributed by atoms with Gasteiger partial charge in [0.2, 0.25) is 0 Å². The smallest absolute Gasteiger partial charge is 0.349 e. The average Bonchev–Trinajstić information content (AvgIpc) is 2.96. The van der Waals surface area contributed by atoms with Crippen LogP contribution < -0.4 is 5.32 Å². The van der Waals surface area contributed by atoms with Gasteiger partial charge >= 0.3 is 6.18 Å². The lowest BCUT2D eigenvalue weighted by Crippen LogP contribution is -2.50. The molecule has 0 aliphatic carbocycles. The lowest BCUT2D eigenvalue weighted by Gasteiger charge is -2.39. The van der Waals surface area contributed by atoms with Crippen LogP contribution in [0.15, 0.2) is 23.3 Å². The van der Waals surface area contributed by atoms with Crippen molar-refractivity contribution in [1.29, 1.82) is 0 Å². The van der Waals surface area contributed by atoms with Crippen LogP contribution in [0.4, 0.5) is 13.2 Å². The number of aliphatic imine (C=N–C) groups is 1. The van der Waals surface area contributed by atoms with Crippen molar-refractivity contribution in [2.24, 2.45) is 4.99 Å². The highest BCUT2D eigenvalue weighted by atomic mass is 32.2. The molecule has 2 aromatic heterocycles. The Morgan fingerprint density at radius 2 is 2.12 bits per heavy atom. The minimum Gasteiger partial charge on any atom is -0.349 e. The fourth-order valence-corrected chi connectivity index (χ4v) is 4.03. The molecule has 0 atom stereocenters. The third kappa shape index (κ3) is 4.05. The molecular formula is C16H21F3N6S. The first kappa shape index (κ1) is 18.8. The standard InChI is InChI=1S/C16H21F3N6S/c1-15(2)10-24(6-7-26-15)14(20-3)21-8-13-23-22-12-5-4-11(9-25(12)13)16(17,18)19/h4-5,9H,6-8,10H2,1-3H3,(H,20,21). The molecular weight excluding hydrogens is 365 g/mol. The topological polar surface area (TPSA) is 57.8 Å². The second kappa shape index (κ2) is 6.98. The van der Waals surface area contributed by atoms with Gasteiger partial charge in [0.25, 0.3) is 0 Å². The first-order valence-electron chi connectivity index (χ1n) is 8.20. The van der Waals surface area contributed by atoms with Crippen molar-refractivity contribution in [1.82, 2.24) is 24.8 Å². The highest BCUT2D eigenvalue weighted by molar-refractivity contribution is 8.00. The van der Waals surface area contributed by atoms with Crippen LogP contribution in [0.5, 0.6) is 0 Å². The van der Waals surface area contributed by atoms with Crippen LogP contribution in [0.1, 0.15) is 25.2 Å². The molecule has 6 nitrogen and oxygen atoms in total. The van der Waals surface area contributed by atoms with Crippen LogP contribution in [0, 0.1) is 0 Å². The number of thioether (sulfide) groups is 1. The Kier molecular flexibility index (Phi) is 5.05. The van der Waals surface area contributed by atoms with Gasteiger partial charge < -0.3 is 10.2 Å².